The zero-order chi connectivity index (χ0) is 14.6. The van der Waals surface area contributed by atoms with Gasteiger partial charge in [0.1, 0.15) is 12.7 Å². The van der Waals surface area contributed by atoms with Gasteiger partial charge in [0.25, 0.3) is 0 Å². The average molecular weight is 276 g/mol. The number of carbonyl (C=O) groups is 3. The van der Waals surface area contributed by atoms with Crippen LogP contribution >= 0.6 is 0 Å². The van der Waals surface area contributed by atoms with Crippen LogP contribution in [0.3, 0.4) is 0 Å². The van der Waals surface area contributed by atoms with Crippen molar-refractivity contribution in [2.75, 3.05) is 6.61 Å². The summed E-state index contributed by atoms with van der Waals surface area (Å²) in [6.07, 6.45) is -4.57. The summed E-state index contributed by atoms with van der Waals surface area (Å²) in [5.41, 5.74) is 0. The van der Waals surface area contributed by atoms with Crippen molar-refractivity contribution in [3.63, 3.8) is 0 Å². The fourth-order valence-corrected chi connectivity index (χ4v) is 1.64. The smallest absolute Gasteiger partial charge is 0.305 e. The van der Waals surface area contributed by atoms with Gasteiger partial charge in [0.05, 0.1) is 0 Å². The predicted molar refractivity (Wildman–Crippen MR) is 58.6 cm³/mol. The molecule has 0 unspecified atom stereocenters. The molecule has 0 aromatic carbocycles. The Bertz CT molecular complexity index is 366. The summed E-state index contributed by atoms with van der Waals surface area (Å²) in [4.78, 5) is 32.5. The molecule has 1 heterocycles. The fraction of sp³-hybridized carbons (Fsp3) is 0.727. The molecule has 0 aromatic heterocycles. The van der Waals surface area contributed by atoms with Crippen molar-refractivity contribution in [2.24, 2.45) is 0 Å². The summed E-state index contributed by atoms with van der Waals surface area (Å²) in [6.45, 7) is 3.29. The van der Waals surface area contributed by atoms with E-state index in [1.807, 2.05) is 0 Å². The van der Waals surface area contributed by atoms with Crippen LogP contribution in [0, 0.1) is 0 Å². The van der Waals surface area contributed by atoms with Crippen LogP contribution in [0.1, 0.15) is 20.8 Å². The van der Waals surface area contributed by atoms with Gasteiger partial charge < -0.3 is 24.1 Å². The molecule has 0 spiro atoms. The Kier molecular flexibility index (Phi) is 5.25. The Hall–Kier alpha value is -1.67. The summed E-state index contributed by atoms with van der Waals surface area (Å²) in [5.74, 6) is -1.83. The lowest BCUT2D eigenvalue weighted by molar-refractivity contribution is -0.189. The van der Waals surface area contributed by atoms with Crippen LogP contribution in [0.25, 0.3) is 0 Å². The number of aliphatic hydroxyl groups is 1. The van der Waals surface area contributed by atoms with E-state index in [-0.39, 0.29) is 6.61 Å². The Morgan fingerprint density at radius 1 is 1.05 bits per heavy atom. The molecular weight excluding hydrogens is 260 g/mol. The van der Waals surface area contributed by atoms with E-state index in [1.54, 1.807) is 0 Å². The molecule has 8 nitrogen and oxygen atoms in total. The molecule has 1 saturated heterocycles. The Balaban J connectivity index is 2.71. The number of ether oxygens (including phenoxy) is 4. The highest BCUT2D eigenvalue weighted by atomic mass is 16.7. The summed E-state index contributed by atoms with van der Waals surface area (Å²) < 4.78 is 19.5. The van der Waals surface area contributed by atoms with Crippen molar-refractivity contribution in [3.05, 3.63) is 0 Å². The first-order valence-electron chi connectivity index (χ1n) is 5.62. The van der Waals surface area contributed by atoms with Crippen molar-refractivity contribution < 1.29 is 38.4 Å². The molecule has 1 aliphatic heterocycles. The lowest BCUT2D eigenvalue weighted by atomic mass is 10.1. The standard InChI is InChI=1S/C11H16O8/c1-5(12)16-4-8-10(17-6(2)13)9(15)11(19-8)18-7(3)14/h8-11,15H,4H2,1-3H3/t8-,9-,10-,11-/m1/s1. The number of hydrogen-bond acceptors (Lipinski definition) is 8. The summed E-state index contributed by atoms with van der Waals surface area (Å²) >= 11 is 0. The molecule has 0 aromatic rings. The molecule has 0 radical (unpaired) electrons. The second-order valence-corrected chi connectivity index (χ2v) is 4.02. The third-order valence-electron chi connectivity index (χ3n) is 2.33. The average Bonchev–Trinajstić information content (AvgIpc) is 2.53. The van der Waals surface area contributed by atoms with Crippen LogP contribution in [0.2, 0.25) is 0 Å². The molecule has 0 bridgehead atoms. The molecule has 4 atom stereocenters. The van der Waals surface area contributed by atoms with Gasteiger partial charge in [0.15, 0.2) is 12.2 Å². The van der Waals surface area contributed by atoms with Gasteiger partial charge in [0, 0.05) is 20.8 Å². The van der Waals surface area contributed by atoms with Crippen molar-refractivity contribution >= 4 is 17.9 Å². The fourth-order valence-electron chi connectivity index (χ4n) is 1.64. The van der Waals surface area contributed by atoms with Gasteiger partial charge in [-0.15, -0.1) is 0 Å². The lowest BCUT2D eigenvalue weighted by Gasteiger charge is -2.19. The molecule has 0 amide bonds. The molecule has 19 heavy (non-hydrogen) atoms. The zero-order valence-corrected chi connectivity index (χ0v) is 10.8. The molecule has 1 fully saturated rings. The third kappa shape index (κ3) is 4.49. The normalized spacial score (nSPS) is 29.7. The van der Waals surface area contributed by atoms with E-state index in [0.29, 0.717) is 0 Å². The highest BCUT2D eigenvalue weighted by molar-refractivity contribution is 5.67. The summed E-state index contributed by atoms with van der Waals surface area (Å²) in [6, 6.07) is 0. The van der Waals surface area contributed by atoms with Gasteiger partial charge in [-0.2, -0.15) is 0 Å². The van der Waals surface area contributed by atoms with E-state index in [2.05, 4.69) is 0 Å². The first-order valence-corrected chi connectivity index (χ1v) is 5.62. The van der Waals surface area contributed by atoms with Crippen molar-refractivity contribution in [3.8, 4) is 0 Å². The highest BCUT2D eigenvalue weighted by Gasteiger charge is 2.48. The SMILES string of the molecule is CC(=O)OC[C@H]1O[C@@H](OC(C)=O)[C@H](O)[C@@H]1OC(C)=O. The number of aliphatic hydroxyl groups excluding tert-OH is 1. The first kappa shape index (κ1) is 15.4. The van der Waals surface area contributed by atoms with Gasteiger partial charge in [-0.3, -0.25) is 14.4 Å². The minimum atomic E-state index is -1.34. The first-order chi connectivity index (χ1) is 8.81. The minimum absolute atomic E-state index is 0.220. The summed E-state index contributed by atoms with van der Waals surface area (Å²) in [7, 11) is 0. The predicted octanol–water partition coefficient (Wildman–Crippen LogP) is -0.870. The van der Waals surface area contributed by atoms with Crippen LogP contribution in [0.4, 0.5) is 0 Å². The van der Waals surface area contributed by atoms with Crippen LogP contribution in [0.15, 0.2) is 0 Å². The molecule has 1 aliphatic rings. The minimum Gasteiger partial charge on any atom is -0.463 e. The van der Waals surface area contributed by atoms with Gasteiger partial charge >= 0.3 is 17.9 Å². The Labute approximate surface area is 109 Å². The number of hydrogen-bond donors (Lipinski definition) is 1. The monoisotopic (exact) mass is 276 g/mol. The topological polar surface area (TPSA) is 108 Å². The van der Waals surface area contributed by atoms with Gasteiger partial charge in [0.2, 0.25) is 6.29 Å². The molecule has 108 valence electrons. The van der Waals surface area contributed by atoms with E-state index >= 15 is 0 Å². The van der Waals surface area contributed by atoms with Crippen LogP contribution in [-0.4, -0.2) is 54.2 Å². The van der Waals surface area contributed by atoms with Crippen LogP contribution < -0.4 is 0 Å². The molecule has 1 rings (SSSR count). The largest absolute Gasteiger partial charge is 0.463 e. The quantitative estimate of drug-likeness (QED) is 0.521. The molecular formula is C11H16O8. The van der Waals surface area contributed by atoms with Crippen molar-refractivity contribution in [1.82, 2.24) is 0 Å². The van der Waals surface area contributed by atoms with E-state index in [9.17, 15) is 19.5 Å². The van der Waals surface area contributed by atoms with Gasteiger partial charge in [-0.05, 0) is 0 Å². The van der Waals surface area contributed by atoms with Crippen LogP contribution in [0.5, 0.6) is 0 Å². The maximum absolute atomic E-state index is 11.0. The van der Waals surface area contributed by atoms with E-state index < -0.39 is 42.5 Å². The Morgan fingerprint density at radius 2 is 1.63 bits per heavy atom. The number of esters is 3. The van der Waals surface area contributed by atoms with E-state index in [4.69, 9.17) is 18.9 Å². The summed E-state index contributed by atoms with van der Waals surface area (Å²) in [5, 5.41) is 9.86. The van der Waals surface area contributed by atoms with E-state index in [0.717, 1.165) is 13.8 Å². The highest BCUT2D eigenvalue weighted by Crippen LogP contribution is 2.25. The van der Waals surface area contributed by atoms with Gasteiger partial charge in [-0.1, -0.05) is 0 Å². The van der Waals surface area contributed by atoms with Crippen molar-refractivity contribution in [1.29, 1.82) is 0 Å². The molecule has 1 N–H and O–H groups in total. The molecule has 8 heteroatoms. The molecule has 0 saturated carbocycles. The third-order valence-corrected chi connectivity index (χ3v) is 2.33. The second kappa shape index (κ2) is 6.48. The zero-order valence-electron chi connectivity index (χ0n) is 10.8. The van der Waals surface area contributed by atoms with Gasteiger partial charge in [-0.25, -0.2) is 0 Å². The van der Waals surface area contributed by atoms with E-state index in [1.165, 1.54) is 6.92 Å². The van der Waals surface area contributed by atoms with Crippen LogP contribution in [-0.2, 0) is 33.3 Å². The molecule has 0 aliphatic carbocycles. The number of rotatable bonds is 4. The second-order valence-electron chi connectivity index (χ2n) is 4.02. The number of carbonyl (C=O) groups excluding carboxylic acids is 3. The Morgan fingerprint density at radius 3 is 2.11 bits per heavy atom. The van der Waals surface area contributed by atoms with Crippen molar-refractivity contribution in [2.45, 2.75) is 45.4 Å². The maximum Gasteiger partial charge on any atom is 0.305 e. The lowest BCUT2D eigenvalue weighted by Crippen LogP contribution is -2.39. The maximum atomic E-state index is 11.0.